The maximum atomic E-state index is 12.8. The van der Waals surface area contributed by atoms with Crippen molar-refractivity contribution >= 4 is 28.3 Å². The molecule has 7 heteroatoms. The highest BCUT2D eigenvalue weighted by Gasteiger charge is 2.27. The van der Waals surface area contributed by atoms with Gasteiger partial charge in [-0.25, -0.2) is 4.98 Å². The van der Waals surface area contributed by atoms with E-state index in [1.807, 2.05) is 36.4 Å². The molecule has 0 saturated heterocycles. The van der Waals surface area contributed by atoms with E-state index in [2.05, 4.69) is 16.0 Å². The third kappa shape index (κ3) is 4.02. The van der Waals surface area contributed by atoms with Gasteiger partial charge in [-0.05, 0) is 66.3 Å². The number of carbonyl (C=O) groups excluding carboxylic acids is 1. The van der Waals surface area contributed by atoms with Gasteiger partial charge in [0.2, 0.25) is 5.91 Å². The number of aromatic nitrogens is 2. The molecule has 2 heterocycles. The molecule has 7 nitrogen and oxygen atoms in total. The van der Waals surface area contributed by atoms with E-state index < -0.39 is 5.91 Å². The number of rotatable bonds is 6. The zero-order chi connectivity index (χ0) is 23.8. The van der Waals surface area contributed by atoms with Crippen LogP contribution >= 0.6 is 0 Å². The highest BCUT2D eigenvalue weighted by molar-refractivity contribution is 5.94. The average Bonchev–Trinajstić information content (AvgIpc) is 3.69. The number of aryl methyl sites for hydroxylation is 1. The lowest BCUT2D eigenvalue weighted by Crippen LogP contribution is -2.25. The lowest BCUT2D eigenvalue weighted by Gasteiger charge is -2.26. The van der Waals surface area contributed by atoms with Gasteiger partial charge in [-0.15, -0.1) is 0 Å². The lowest BCUT2D eigenvalue weighted by molar-refractivity contribution is 0.100. The zero-order valence-electron chi connectivity index (χ0n) is 18.7. The predicted octanol–water partition coefficient (Wildman–Crippen LogP) is 4.12. The molecule has 0 spiro atoms. The van der Waals surface area contributed by atoms with E-state index in [0.717, 1.165) is 36.2 Å². The van der Waals surface area contributed by atoms with E-state index in [9.17, 15) is 14.9 Å². The summed E-state index contributed by atoms with van der Waals surface area (Å²) in [6.45, 7) is 0.761. The van der Waals surface area contributed by atoms with Crippen molar-refractivity contribution in [3.8, 4) is 17.2 Å². The van der Waals surface area contributed by atoms with Crippen LogP contribution in [0.25, 0.3) is 22.2 Å². The molecule has 4 aromatic rings. The van der Waals surface area contributed by atoms with Crippen molar-refractivity contribution in [3.05, 3.63) is 88.3 Å². The Kier molecular flexibility index (Phi) is 5.34. The van der Waals surface area contributed by atoms with Gasteiger partial charge in [-0.3, -0.25) is 9.59 Å². The Morgan fingerprint density at radius 1 is 1.12 bits per heavy atom. The molecular weight excluding hydrogens is 426 g/mol. The monoisotopic (exact) mass is 449 g/mol. The molecular formula is C27H23N5O2. The van der Waals surface area contributed by atoms with Crippen molar-refractivity contribution in [2.75, 3.05) is 11.4 Å². The third-order valence-electron chi connectivity index (χ3n) is 6.27. The molecule has 0 atom stereocenters. The van der Waals surface area contributed by atoms with Crippen LogP contribution in [0.1, 0.15) is 28.9 Å². The van der Waals surface area contributed by atoms with Gasteiger partial charge in [0.15, 0.2) is 0 Å². The summed E-state index contributed by atoms with van der Waals surface area (Å²) in [6, 6.07) is 22.3. The molecule has 0 bridgehead atoms. The van der Waals surface area contributed by atoms with Crippen LogP contribution < -0.4 is 16.2 Å². The quantitative estimate of drug-likeness (QED) is 0.477. The van der Waals surface area contributed by atoms with Crippen molar-refractivity contribution in [1.29, 1.82) is 5.26 Å². The minimum atomic E-state index is -0.462. The van der Waals surface area contributed by atoms with E-state index >= 15 is 0 Å². The zero-order valence-corrected chi connectivity index (χ0v) is 18.7. The molecule has 0 aliphatic heterocycles. The second-order valence-corrected chi connectivity index (χ2v) is 8.65. The number of nitrogens with two attached hydrogens (primary N) is 1. The highest BCUT2D eigenvalue weighted by Crippen LogP contribution is 2.37. The largest absolute Gasteiger partial charge is 0.366 e. The summed E-state index contributed by atoms with van der Waals surface area (Å²) in [6.07, 6.45) is 2.29. The normalized spacial score (nSPS) is 12.9. The first kappa shape index (κ1) is 21.4. The number of pyridine rings is 2. The van der Waals surface area contributed by atoms with Gasteiger partial charge in [-0.2, -0.15) is 5.26 Å². The van der Waals surface area contributed by atoms with Crippen LogP contribution in [0.5, 0.6) is 0 Å². The van der Waals surface area contributed by atoms with Crippen LogP contribution in [-0.4, -0.2) is 22.0 Å². The van der Waals surface area contributed by atoms with Gasteiger partial charge < -0.3 is 15.2 Å². The number of nitriles is 1. The fraction of sp³-hybridized carbons (Fsp3) is 0.185. The summed E-state index contributed by atoms with van der Waals surface area (Å²) in [5.74, 6) is 0.0843. The van der Waals surface area contributed by atoms with Crippen LogP contribution in [0.2, 0.25) is 0 Å². The molecule has 0 radical (unpaired) electrons. The molecule has 1 aliphatic carbocycles. The second kappa shape index (κ2) is 8.49. The van der Waals surface area contributed by atoms with Crippen molar-refractivity contribution in [2.45, 2.75) is 12.8 Å². The van der Waals surface area contributed by atoms with Gasteiger partial charge in [0, 0.05) is 30.9 Å². The molecule has 2 N–H and O–H groups in total. The predicted molar refractivity (Wildman–Crippen MR) is 132 cm³/mol. The fourth-order valence-electron chi connectivity index (χ4n) is 4.17. The van der Waals surface area contributed by atoms with Crippen molar-refractivity contribution in [3.63, 3.8) is 0 Å². The standard InChI is InChI=1S/C27H23N5O2/c1-31-23-12-9-21(15-28)30-26(23)24(14-25(31)33)32(16-17-5-6-17)22-10-7-18(8-11-22)19-3-2-4-20(13-19)27(29)34/h2-4,7-14,17H,5-6,16H2,1H3,(H2,29,34). The molecule has 2 aromatic carbocycles. The Morgan fingerprint density at radius 3 is 2.56 bits per heavy atom. The SMILES string of the molecule is Cn1c(=O)cc(N(CC2CC2)c2ccc(-c3cccc(C(N)=O)c3)cc2)c2nc(C#N)ccc21. The van der Waals surface area contributed by atoms with E-state index in [1.54, 1.807) is 41.9 Å². The van der Waals surface area contributed by atoms with Gasteiger partial charge >= 0.3 is 0 Å². The second-order valence-electron chi connectivity index (χ2n) is 8.65. The van der Waals surface area contributed by atoms with Crippen molar-refractivity contribution in [1.82, 2.24) is 9.55 Å². The van der Waals surface area contributed by atoms with Crippen LogP contribution in [0.4, 0.5) is 11.4 Å². The minimum Gasteiger partial charge on any atom is -0.366 e. The Balaban J connectivity index is 1.61. The summed E-state index contributed by atoms with van der Waals surface area (Å²) >= 11 is 0. The van der Waals surface area contributed by atoms with Crippen LogP contribution in [-0.2, 0) is 7.05 Å². The number of benzene rings is 2. The number of amides is 1. The summed E-state index contributed by atoms with van der Waals surface area (Å²) in [7, 11) is 1.71. The molecule has 5 rings (SSSR count). The molecule has 1 aliphatic rings. The van der Waals surface area contributed by atoms with Gasteiger partial charge in [0.25, 0.3) is 5.56 Å². The average molecular weight is 450 g/mol. The molecule has 1 fully saturated rings. The Morgan fingerprint density at radius 2 is 1.88 bits per heavy atom. The van der Waals surface area contributed by atoms with Crippen LogP contribution in [0.15, 0.2) is 71.5 Å². The molecule has 168 valence electrons. The number of hydrogen-bond donors (Lipinski definition) is 1. The third-order valence-corrected chi connectivity index (χ3v) is 6.27. The topological polar surface area (TPSA) is 105 Å². The van der Waals surface area contributed by atoms with Gasteiger partial charge in [-0.1, -0.05) is 24.3 Å². The number of carbonyl (C=O) groups is 1. The minimum absolute atomic E-state index is 0.130. The van der Waals surface area contributed by atoms with Crippen molar-refractivity contribution in [2.24, 2.45) is 18.7 Å². The van der Waals surface area contributed by atoms with E-state index in [4.69, 9.17) is 5.73 Å². The maximum Gasteiger partial charge on any atom is 0.252 e. The number of hydrogen-bond acceptors (Lipinski definition) is 5. The first-order chi connectivity index (χ1) is 16.4. The Labute approximate surface area is 196 Å². The molecule has 1 amide bonds. The van der Waals surface area contributed by atoms with Crippen LogP contribution in [0, 0.1) is 17.2 Å². The van der Waals surface area contributed by atoms with Gasteiger partial charge in [0.1, 0.15) is 17.3 Å². The van der Waals surface area contributed by atoms with E-state index in [1.165, 1.54) is 0 Å². The fourth-order valence-corrected chi connectivity index (χ4v) is 4.17. The number of primary amides is 1. The van der Waals surface area contributed by atoms with Crippen LogP contribution in [0.3, 0.4) is 0 Å². The molecule has 34 heavy (non-hydrogen) atoms. The summed E-state index contributed by atoms with van der Waals surface area (Å²) in [5, 5.41) is 9.39. The van der Waals surface area contributed by atoms with Crippen molar-refractivity contribution < 1.29 is 4.79 Å². The van der Waals surface area contributed by atoms with E-state index in [-0.39, 0.29) is 5.56 Å². The summed E-state index contributed by atoms with van der Waals surface area (Å²) < 4.78 is 1.55. The summed E-state index contributed by atoms with van der Waals surface area (Å²) in [4.78, 5) is 31.0. The number of fused-ring (bicyclic) bond motifs is 1. The first-order valence-corrected chi connectivity index (χ1v) is 11.1. The molecule has 0 unspecified atom stereocenters. The lowest BCUT2D eigenvalue weighted by atomic mass is 10.0. The highest BCUT2D eigenvalue weighted by atomic mass is 16.1. The Hall–Kier alpha value is -4.44. The number of nitrogens with zero attached hydrogens (tertiary/aromatic N) is 4. The first-order valence-electron chi connectivity index (χ1n) is 11.1. The Bertz CT molecular complexity index is 1510. The van der Waals surface area contributed by atoms with Gasteiger partial charge in [0.05, 0.1) is 11.2 Å². The van der Waals surface area contributed by atoms with E-state index in [0.29, 0.717) is 33.9 Å². The molecule has 2 aromatic heterocycles. The number of anilines is 2. The molecule has 1 saturated carbocycles. The maximum absolute atomic E-state index is 12.8. The summed E-state index contributed by atoms with van der Waals surface area (Å²) in [5.41, 5.74) is 10.9. The smallest absolute Gasteiger partial charge is 0.252 e.